The third kappa shape index (κ3) is 2.83. The number of carbonyl (C=O) groups is 1. The molecular formula is C12H9N3O4. The van der Waals surface area contributed by atoms with Crippen LogP contribution in [0.15, 0.2) is 42.6 Å². The van der Waals surface area contributed by atoms with E-state index in [-0.39, 0.29) is 22.9 Å². The molecule has 0 aliphatic rings. The van der Waals surface area contributed by atoms with Gasteiger partial charge in [-0.3, -0.25) is 14.9 Å². The summed E-state index contributed by atoms with van der Waals surface area (Å²) in [6.45, 7) is 0. The van der Waals surface area contributed by atoms with Crippen molar-refractivity contribution in [1.29, 1.82) is 0 Å². The van der Waals surface area contributed by atoms with E-state index in [1.54, 1.807) is 12.1 Å². The zero-order chi connectivity index (χ0) is 13.8. The van der Waals surface area contributed by atoms with Gasteiger partial charge < -0.3 is 10.5 Å². The van der Waals surface area contributed by atoms with Gasteiger partial charge in [-0.1, -0.05) is 6.07 Å². The van der Waals surface area contributed by atoms with Crippen molar-refractivity contribution in [2.24, 2.45) is 5.73 Å². The molecule has 2 rings (SSSR count). The summed E-state index contributed by atoms with van der Waals surface area (Å²) < 4.78 is 5.30. The van der Waals surface area contributed by atoms with Gasteiger partial charge >= 0.3 is 5.69 Å². The van der Waals surface area contributed by atoms with Crippen molar-refractivity contribution in [3.63, 3.8) is 0 Å². The van der Waals surface area contributed by atoms with Gasteiger partial charge in [-0.05, 0) is 24.3 Å². The first kappa shape index (κ1) is 12.5. The van der Waals surface area contributed by atoms with Crippen molar-refractivity contribution < 1.29 is 14.5 Å². The van der Waals surface area contributed by atoms with Crippen molar-refractivity contribution in [2.75, 3.05) is 0 Å². The summed E-state index contributed by atoms with van der Waals surface area (Å²) in [7, 11) is 0. The lowest BCUT2D eigenvalue weighted by molar-refractivity contribution is -0.386. The smallest absolute Gasteiger partial charge is 0.331 e. The number of benzene rings is 1. The summed E-state index contributed by atoms with van der Waals surface area (Å²) in [5.74, 6) is -0.506. The van der Waals surface area contributed by atoms with E-state index in [9.17, 15) is 14.9 Å². The zero-order valence-corrected chi connectivity index (χ0v) is 9.65. The van der Waals surface area contributed by atoms with Crippen molar-refractivity contribution in [2.45, 2.75) is 0 Å². The van der Waals surface area contributed by atoms with E-state index < -0.39 is 10.8 Å². The van der Waals surface area contributed by atoms with Gasteiger partial charge in [-0.2, -0.15) is 0 Å². The topological polar surface area (TPSA) is 108 Å². The average Bonchev–Trinajstić information content (AvgIpc) is 2.39. The molecule has 0 aliphatic carbocycles. The van der Waals surface area contributed by atoms with E-state index in [1.807, 2.05) is 0 Å². The lowest BCUT2D eigenvalue weighted by Crippen LogP contribution is -2.10. The van der Waals surface area contributed by atoms with E-state index in [0.29, 0.717) is 0 Å². The third-order valence-corrected chi connectivity index (χ3v) is 2.28. The molecule has 0 spiro atoms. The molecule has 0 aliphatic heterocycles. The number of nitro groups is 1. The summed E-state index contributed by atoms with van der Waals surface area (Å²) in [6.07, 6.45) is 1.38. The first-order chi connectivity index (χ1) is 9.08. The van der Waals surface area contributed by atoms with Crippen LogP contribution in [0.25, 0.3) is 0 Å². The molecule has 7 nitrogen and oxygen atoms in total. The number of primary amides is 1. The van der Waals surface area contributed by atoms with Crippen LogP contribution in [-0.2, 0) is 0 Å². The predicted molar refractivity (Wildman–Crippen MR) is 65.9 cm³/mol. The summed E-state index contributed by atoms with van der Waals surface area (Å²) >= 11 is 0. The van der Waals surface area contributed by atoms with Crippen LogP contribution in [0.1, 0.15) is 10.4 Å². The van der Waals surface area contributed by atoms with E-state index in [2.05, 4.69) is 4.98 Å². The third-order valence-electron chi connectivity index (χ3n) is 2.28. The monoisotopic (exact) mass is 259 g/mol. The molecule has 2 aromatic rings. The SMILES string of the molecule is NC(=O)c1cccc(Oc2ncccc2[N+](=O)[O-])c1. The number of nitrogens with two attached hydrogens (primary N) is 1. The Bertz CT molecular complexity index is 642. The van der Waals surface area contributed by atoms with Crippen LogP contribution in [0.4, 0.5) is 5.69 Å². The molecule has 19 heavy (non-hydrogen) atoms. The first-order valence-corrected chi connectivity index (χ1v) is 5.25. The second kappa shape index (κ2) is 5.13. The highest BCUT2D eigenvalue weighted by Crippen LogP contribution is 2.28. The molecule has 0 fully saturated rings. The molecule has 0 radical (unpaired) electrons. The highest BCUT2D eigenvalue weighted by Gasteiger charge is 2.16. The Hall–Kier alpha value is -2.96. The molecule has 1 aromatic carbocycles. The van der Waals surface area contributed by atoms with Crippen LogP contribution >= 0.6 is 0 Å². The highest BCUT2D eigenvalue weighted by molar-refractivity contribution is 5.93. The Kier molecular flexibility index (Phi) is 3.37. The second-order valence-corrected chi connectivity index (χ2v) is 3.58. The summed E-state index contributed by atoms with van der Waals surface area (Å²) in [5, 5.41) is 10.8. The number of hydrogen-bond acceptors (Lipinski definition) is 5. The van der Waals surface area contributed by atoms with Gasteiger partial charge in [0.1, 0.15) is 5.75 Å². The number of carbonyl (C=O) groups excluding carboxylic acids is 1. The number of nitrogens with zero attached hydrogens (tertiary/aromatic N) is 2. The molecule has 96 valence electrons. The number of pyridine rings is 1. The van der Waals surface area contributed by atoms with Crippen molar-refractivity contribution >= 4 is 11.6 Å². The Morgan fingerprint density at radius 3 is 2.79 bits per heavy atom. The van der Waals surface area contributed by atoms with Crippen molar-refractivity contribution in [3.05, 3.63) is 58.3 Å². The Morgan fingerprint density at radius 1 is 1.32 bits per heavy atom. The Balaban J connectivity index is 2.34. The van der Waals surface area contributed by atoms with E-state index in [4.69, 9.17) is 10.5 Å². The summed E-state index contributed by atoms with van der Waals surface area (Å²) in [6, 6.07) is 8.73. The van der Waals surface area contributed by atoms with Gasteiger partial charge in [-0.15, -0.1) is 0 Å². The number of rotatable bonds is 4. The van der Waals surface area contributed by atoms with Crippen LogP contribution in [0.2, 0.25) is 0 Å². The fourth-order valence-corrected chi connectivity index (χ4v) is 1.42. The molecule has 0 unspecified atom stereocenters. The molecular weight excluding hydrogens is 250 g/mol. The van der Waals surface area contributed by atoms with Gasteiger partial charge in [0.2, 0.25) is 5.91 Å². The van der Waals surface area contributed by atoms with Gasteiger partial charge in [0.25, 0.3) is 5.88 Å². The normalized spacial score (nSPS) is 9.89. The molecule has 1 amide bonds. The lowest BCUT2D eigenvalue weighted by Gasteiger charge is -2.05. The average molecular weight is 259 g/mol. The van der Waals surface area contributed by atoms with E-state index >= 15 is 0 Å². The standard InChI is InChI=1S/C12H9N3O4/c13-11(16)8-3-1-4-9(7-8)19-12-10(15(17)18)5-2-6-14-12/h1-7H,(H2,13,16). The molecule has 1 heterocycles. The second-order valence-electron chi connectivity index (χ2n) is 3.58. The molecule has 0 bridgehead atoms. The number of hydrogen-bond donors (Lipinski definition) is 1. The predicted octanol–water partition coefficient (Wildman–Crippen LogP) is 1.88. The van der Waals surface area contributed by atoms with Gasteiger partial charge in [0.15, 0.2) is 0 Å². The van der Waals surface area contributed by atoms with Gasteiger partial charge in [0.05, 0.1) is 4.92 Å². The minimum absolute atomic E-state index is 0.144. The maximum atomic E-state index is 11.0. The maximum absolute atomic E-state index is 11.0. The molecule has 1 aromatic heterocycles. The number of aromatic nitrogens is 1. The first-order valence-electron chi connectivity index (χ1n) is 5.25. The summed E-state index contributed by atoms with van der Waals surface area (Å²) in [5.41, 5.74) is 5.12. The van der Waals surface area contributed by atoms with Crippen molar-refractivity contribution in [3.8, 4) is 11.6 Å². The molecule has 2 N–H and O–H groups in total. The fraction of sp³-hybridized carbons (Fsp3) is 0. The largest absolute Gasteiger partial charge is 0.434 e. The van der Waals surface area contributed by atoms with Crippen LogP contribution in [0.5, 0.6) is 11.6 Å². The van der Waals surface area contributed by atoms with Gasteiger partial charge in [0, 0.05) is 17.8 Å². The highest BCUT2D eigenvalue weighted by atomic mass is 16.6. The zero-order valence-electron chi connectivity index (χ0n) is 9.65. The molecule has 0 atom stereocenters. The molecule has 7 heteroatoms. The summed E-state index contributed by atoms with van der Waals surface area (Å²) in [4.78, 5) is 25.0. The fourth-order valence-electron chi connectivity index (χ4n) is 1.42. The molecule has 0 saturated heterocycles. The molecule has 0 saturated carbocycles. The number of amides is 1. The van der Waals surface area contributed by atoms with E-state index in [1.165, 1.54) is 30.5 Å². The van der Waals surface area contributed by atoms with Crippen LogP contribution < -0.4 is 10.5 Å². The minimum atomic E-state index is -0.610. The van der Waals surface area contributed by atoms with E-state index in [0.717, 1.165) is 0 Å². The lowest BCUT2D eigenvalue weighted by atomic mass is 10.2. The Labute approximate surface area is 107 Å². The Morgan fingerprint density at radius 2 is 2.11 bits per heavy atom. The van der Waals surface area contributed by atoms with Crippen LogP contribution in [0.3, 0.4) is 0 Å². The minimum Gasteiger partial charge on any atom is -0.434 e. The number of ether oxygens (including phenoxy) is 1. The van der Waals surface area contributed by atoms with Crippen LogP contribution in [-0.4, -0.2) is 15.8 Å². The quantitative estimate of drug-likeness (QED) is 0.666. The van der Waals surface area contributed by atoms with Gasteiger partial charge in [-0.25, -0.2) is 4.98 Å². The maximum Gasteiger partial charge on any atom is 0.331 e. The van der Waals surface area contributed by atoms with Crippen molar-refractivity contribution in [1.82, 2.24) is 4.98 Å². The van der Waals surface area contributed by atoms with Crippen LogP contribution in [0, 0.1) is 10.1 Å².